The molecular weight excluding hydrogens is 212 g/mol. The summed E-state index contributed by atoms with van der Waals surface area (Å²) in [4.78, 5) is 2.22. The van der Waals surface area contributed by atoms with Crippen molar-refractivity contribution >= 4 is 11.5 Å². The SMILES string of the molecule is CCCc1nn(C)c(N(C)CC(C)CC)c1N. The lowest BCUT2D eigenvalue weighted by Crippen LogP contribution is -2.26. The highest BCUT2D eigenvalue weighted by atomic mass is 15.4. The fourth-order valence-corrected chi connectivity index (χ4v) is 2.14. The third-order valence-electron chi connectivity index (χ3n) is 3.26. The second-order valence-corrected chi connectivity index (χ2v) is 4.95. The topological polar surface area (TPSA) is 47.1 Å². The maximum Gasteiger partial charge on any atom is 0.150 e. The number of hydrogen-bond donors (Lipinski definition) is 1. The van der Waals surface area contributed by atoms with Gasteiger partial charge < -0.3 is 10.6 Å². The van der Waals surface area contributed by atoms with Crippen molar-refractivity contribution in [2.45, 2.75) is 40.0 Å². The Balaban J connectivity index is 2.89. The van der Waals surface area contributed by atoms with Crippen molar-refractivity contribution in [2.24, 2.45) is 13.0 Å². The van der Waals surface area contributed by atoms with Gasteiger partial charge in [-0.25, -0.2) is 0 Å². The van der Waals surface area contributed by atoms with Crippen LogP contribution in [0.5, 0.6) is 0 Å². The van der Waals surface area contributed by atoms with Crippen molar-refractivity contribution < 1.29 is 0 Å². The molecule has 4 nitrogen and oxygen atoms in total. The molecule has 0 amide bonds. The molecule has 0 saturated heterocycles. The van der Waals surface area contributed by atoms with E-state index in [4.69, 9.17) is 5.73 Å². The summed E-state index contributed by atoms with van der Waals surface area (Å²) in [5, 5.41) is 4.50. The second-order valence-electron chi connectivity index (χ2n) is 4.95. The van der Waals surface area contributed by atoms with Crippen molar-refractivity contribution in [3.63, 3.8) is 0 Å². The molecule has 0 radical (unpaired) electrons. The molecule has 17 heavy (non-hydrogen) atoms. The lowest BCUT2D eigenvalue weighted by atomic mass is 10.1. The number of rotatable bonds is 6. The molecule has 0 aromatic carbocycles. The highest BCUT2D eigenvalue weighted by molar-refractivity contribution is 5.66. The van der Waals surface area contributed by atoms with Crippen LogP contribution in [0.2, 0.25) is 0 Å². The lowest BCUT2D eigenvalue weighted by Gasteiger charge is -2.23. The van der Waals surface area contributed by atoms with Crippen LogP contribution in [0.1, 0.15) is 39.3 Å². The Kier molecular flexibility index (Phi) is 4.85. The van der Waals surface area contributed by atoms with E-state index in [1.54, 1.807) is 0 Å². The van der Waals surface area contributed by atoms with Crippen molar-refractivity contribution in [3.8, 4) is 0 Å². The van der Waals surface area contributed by atoms with Crippen molar-refractivity contribution in [1.29, 1.82) is 0 Å². The van der Waals surface area contributed by atoms with E-state index in [0.29, 0.717) is 5.92 Å². The fraction of sp³-hybridized carbons (Fsp3) is 0.769. The van der Waals surface area contributed by atoms with Crippen LogP contribution in [0.4, 0.5) is 11.5 Å². The van der Waals surface area contributed by atoms with Gasteiger partial charge in [-0.2, -0.15) is 5.10 Å². The first-order valence-corrected chi connectivity index (χ1v) is 6.53. The third kappa shape index (κ3) is 3.14. The van der Waals surface area contributed by atoms with Crippen LogP contribution in [0.3, 0.4) is 0 Å². The van der Waals surface area contributed by atoms with Crippen LogP contribution in [-0.4, -0.2) is 23.4 Å². The third-order valence-corrected chi connectivity index (χ3v) is 3.26. The first-order chi connectivity index (χ1) is 8.01. The predicted octanol–water partition coefficient (Wildman–Crippen LogP) is 2.44. The van der Waals surface area contributed by atoms with Gasteiger partial charge >= 0.3 is 0 Å². The van der Waals surface area contributed by atoms with Gasteiger partial charge in [0.15, 0.2) is 0 Å². The van der Waals surface area contributed by atoms with Crippen molar-refractivity contribution in [2.75, 3.05) is 24.2 Å². The molecule has 4 heteroatoms. The minimum Gasteiger partial charge on any atom is -0.394 e. The number of nitrogens with zero attached hydrogens (tertiary/aromatic N) is 3. The summed E-state index contributed by atoms with van der Waals surface area (Å²) < 4.78 is 1.91. The highest BCUT2D eigenvalue weighted by Gasteiger charge is 2.17. The molecule has 1 aromatic rings. The monoisotopic (exact) mass is 238 g/mol. The average molecular weight is 238 g/mol. The Hall–Kier alpha value is -1.19. The molecule has 2 N–H and O–H groups in total. The van der Waals surface area contributed by atoms with Gasteiger partial charge in [-0.1, -0.05) is 33.6 Å². The van der Waals surface area contributed by atoms with Gasteiger partial charge in [0.25, 0.3) is 0 Å². The van der Waals surface area contributed by atoms with Gasteiger partial charge in [0.2, 0.25) is 0 Å². The number of aryl methyl sites for hydroxylation is 2. The zero-order valence-electron chi connectivity index (χ0n) is 11.8. The van der Waals surface area contributed by atoms with Gasteiger partial charge in [0.1, 0.15) is 5.82 Å². The summed E-state index contributed by atoms with van der Waals surface area (Å²) in [6.07, 6.45) is 3.22. The van der Waals surface area contributed by atoms with Crippen LogP contribution >= 0.6 is 0 Å². The molecular formula is C13H26N4. The first-order valence-electron chi connectivity index (χ1n) is 6.53. The normalized spacial score (nSPS) is 12.8. The minimum atomic E-state index is 0.670. The Morgan fingerprint density at radius 3 is 2.59 bits per heavy atom. The molecule has 98 valence electrons. The van der Waals surface area contributed by atoms with Gasteiger partial charge in [0.05, 0.1) is 11.4 Å². The second kappa shape index (κ2) is 5.94. The van der Waals surface area contributed by atoms with Gasteiger partial charge in [-0.05, 0) is 12.3 Å². The standard InChI is InChI=1S/C13H26N4/c1-6-8-11-12(14)13(17(5)15-11)16(4)9-10(3)7-2/h10H,6-9,14H2,1-5H3. The van der Waals surface area contributed by atoms with E-state index in [9.17, 15) is 0 Å². The number of nitrogens with two attached hydrogens (primary N) is 1. The zero-order chi connectivity index (χ0) is 13.0. The average Bonchev–Trinajstić information content (AvgIpc) is 2.54. The van der Waals surface area contributed by atoms with Crippen LogP contribution in [0, 0.1) is 5.92 Å². The fourth-order valence-electron chi connectivity index (χ4n) is 2.14. The summed E-state index contributed by atoms with van der Waals surface area (Å²) in [6.45, 7) is 7.64. The first kappa shape index (κ1) is 13.9. The maximum atomic E-state index is 6.18. The minimum absolute atomic E-state index is 0.670. The molecule has 1 heterocycles. The molecule has 0 aliphatic heterocycles. The zero-order valence-corrected chi connectivity index (χ0v) is 11.8. The quantitative estimate of drug-likeness (QED) is 0.828. The Morgan fingerprint density at radius 1 is 1.41 bits per heavy atom. The van der Waals surface area contributed by atoms with E-state index >= 15 is 0 Å². The Labute approximate surface area is 105 Å². The van der Waals surface area contributed by atoms with Crippen molar-refractivity contribution in [3.05, 3.63) is 5.69 Å². The van der Waals surface area contributed by atoms with Gasteiger partial charge in [-0.15, -0.1) is 0 Å². The summed E-state index contributed by atoms with van der Waals surface area (Å²) in [5.41, 5.74) is 8.06. The molecule has 0 bridgehead atoms. The van der Waals surface area contributed by atoms with Crippen LogP contribution < -0.4 is 10.6 Å². The molecule has 0 saturated carbocycles. The van der Waals surface area contributed by atoms with Gasteiger partial charge in [-0.3, -0.25) is 4.68 Å². The molecule has 0 spiro atoms. The van der Waals surface area contributed by atoms with Crippen LogP contribution in [-0.2, 0) is 13.5 Å². The smallest absolute Gasteiger partial charge is 0.150 e. The van der Waals surface area contributed by atoms with E-state index < -0.39 is 0 Å². The molecule has 0 aliphatic rings. The highest BCUT2D eigenvalue weighted by Crippen LogP contribution is 2.26. The number of hydrogen-bond acceptors (Lipinski definition) is 3. The van der Waals surface area contributed by atoms with Crippen LogP contribution in [0.15, 0.2) is 0 Å². The number of nitrogen functional groups attached to an aromatic ring is 1. The van der Waals surface area contributed by atoms with Gasteiger partial charge in [0, 0.05) is 20.6 Å². The molecule has 0 fully saturated rings. The number of anilines is 2. The summed E-state index contributed by atoms with van der Waals surface area (Å²) >= 11 is 0. The molecule has 1 unspecified atom stereocenters. The largest absolute Gasteiger partial charge is 0.394 e. The molecule has 1 rings (SSSR count). The predicted molar refractivity (Wildman–Crippen MR) is 74.3 cm³/mol. The Bertz CT molecular complexity index is 357. The van der Waals surface area contributed by atoms with Crippen molar-refractivity contribution in [1.82, 2.24) is 9.78 Å². The molecule has 1 aromatic heterocycles. The maximum absolute atomic E-state index is 6.18. The summed E-state index contributed by atoms with van der Waals surface area (Å²) in [5.74, 6) is 1.72. The van der Waals surface area contributed by atoms with E-state index in [2.05, 4.69) is 37.8 Å². The molecule has 1 atom stereocenters. The van der Waals surface area contributed by atoms with E-state index in [1.807, 2.05) is 11.7 Å². The Morgan fingerprint density at radius 2 is 2.06 bits per heavy atom. The lowest BCUT2D eigenvalue weighted by molar-refractivity contribution is 0.552. The van der Waals surface area contributed by atoms with E-state index in [1.165, 1.54) is 6.42 Å². The molecule has 0 aliphatic carbocycles. The van der Waals surface area contributed by atoms with E-state index in [-0.39, 0.29) is 0 Å². The summed E-state index contributed by atoms with van der Waals surface area (Å²) in [6, 6.07) is 0. The summed E-state index contributed by atoms with van der Waals surface area (Å²) in [7, 11) is 4.06. The van der Waals surface area contributed by atoms with Crippen LogP contribution in [0.25, 0.3) is 0 Å². The number of aromatic nitrogens is 2. The van der Waals surface area contributed by atoms with E-state index in [0.717, 1.165) is 36.6 Å².